The van der Waals surface area contributed by atoms with Crippen molar-refractivity contribution in [3.8, 4) is 0 Å². The van der Waals surface area contributed by atoms with Gasteiger partial charge in [-0.15, -0.1) is 0 Å². The van der Waals surface area contributed by atoms with Crippen LogP contribution in [-0.4, -0.2) is 56.4 Å². The summed E-state index contributed by atoms with van der Waals surface area (Å²) in [5.41, 5.74) is 8.64. The van der Waals surface area contributed by atoms with Crippen LogP contribution in [0.3, 0.4) is 0 Å². The number of azo groups is 1. The minimum absolute atomic E-state index is 0.155. The standard InChI is InChI=1S/C20H22N6O5S/c1-26(2)16-7-3-14(4-8-16)23-24-15-5-10-18(11-6-15)32(30,31)25-19(20(28)29)12-9-17(27)13-22-21/h3-8,10-11,13,19,21,25H,9,12H2,1-2H3/p+1. The van der Waals surface area contributed by atoms with Crippen molar-refractivity contribution < 1.29 is 27.9 Å². The predicted molar refractivity (Wildman–Crippen MR) is 116 cm³/mol. The van der Waals surface area contributed by atoms with E-state index in [1.54, 1.807) is 12.1 Å². The first-order valence-electron chi connectivity index (χ1n) is 9.39. The molecule has 12 heteroatoms. The number of Topliss-reactive ketones (excluding diaryl/α,β-unsaturated/α-hetero) is 1. The molecule has 0 heterocycles. The van der Waals surface area contributed by atoms with E-state index in [2.05, 4.69) is 19.7 Å². The van der Waals surface area contributed by atoms with Gasteiger partial charge in [-0.3, -0.25) is 9.59 Å². The molecule has 0 saturated heterocycles. The predicted octanol–water partition coefficient (Wildman–Crippen LogP) is 2.56. The van der Waals surface area contributed by atoms with Crippen LogP contribution < -0.4 is 9.62 Å². The van der Waals surface area contributed by atoms with E-state index in [0.29, 0.717) is 11.4 Å². The maximum absolute atomic E-state index is 12.5. The lowest BCUT2D eigenvalue weighted by Crippen LogP contribution is -2.41. The Morgan fingerprint density at radius 3 is 2.09 bits per heavy atom. The second kappa shape index (κ2) is 11.0. The third kappa shape index (κ3) is 7.20. The summed E-state index contributed by atoms with van der Waals surface area (Å²) >= 11 is 0. The number of carbonyl (C=O) groups is 2. The second-order valence-corrected chi connectivity index (χ2v) is 8.59. The van der Waals surface area contributed by atoms with Gasteiger partial charge in [0.15, 0.2) is 0 Å². The Hall–Kier alpha value is -3.73. The van der Waals surface area contributed by atoms with Crippen LogP contribution in [0.2, 0.25) is 0 Å². The highest BCUT2D eigenvalue weighted by molar-refractivity contribution is 7.89. The van der Waals surface area contributed by atoms with Crippen molar-refractivity contribution >= 4 is 45.1 Å². The molecule has 0 saturated carbocycles. The summed E-state index contributed by atoms with van der Waals surface area (Å²) in [6.07, 6.45) is 0.187. The van der Waals surface area contributed by atoms with E-state index in [4.69, 9.17) is 5.53 Å². The van der Waals surface area contributed by atoms with Crippen LogP contribution >= 0.6 is 0 Å². The molecule has 0 amide bonds. The van der Waals surface area contributed by atoms with Gasteiger partial charge in [-0.2, -0.15) is 15.0 Å². The molecule has 0 spiro atoms. The Morgan fingerprint density at radius 1 is 1.09 bits per heavy atom. The highest BCUT2D eigenvalue weighted by Crippen LogP contribution is 2.22. The van der Waals surface area contributed by atoms with Crippen LogP contribution in [0.15, 0.2) is 63.7 Å². The van der Waals surface area contributed by atoms with Crippen LogP contribution in [0.4, 0.5) is 17.1 Å². The van der Waals surface area contributed by atoms with Crippen molar-refractivity contribution in [2.45, 2.75) is 23.8 Å². The van der Waals surface area contributed by atoms with Crippen molar-refractivity contribution in [2.75, 3.05) is 19.0 Å². The summed E-state index contributed by atoms with van der Waals surface area (Å²) in [7, 11) is -0.303. The molecule has 2 rings (SSSR count). The van der Waals surface area contributed by atoms with Gasteiger partial charge in [0.2, 0.25) is 15.8 Å². The molecule has 0 radical (unpaired) electrons. The molecule has 1 atom stereocenters. The molecule has 0 aliphatic carbocycles. The number of hydrogen-bond donors (Lipinski definition) is 3. The molecule has 11 nitrogen and oxygen atoms in total. The number of nitrogens with zero attached hydrogens (tertiary/aromatic N) is 4. The Bertz CT molecular complexity index is 1140. The average molecular weight is 460 g/mol. The molecular weight excluding hydrogens is 436 g/mol. The number of aliphatic carboxylic acids is 1. The van der Waals surface area contributed by atoms with E-state index in [-0.39, 0.29) is 17.7 Å². The lowest BCUT2D eigenvalue weighted by atomic mass is 10.1. The van der Waals surface area contributed by atoms with Gasteiger partial charge in [0.25, 0.3) is 0 Å². The van der Waals surface area contributed by atoms with Gasteiger partial charge in [0.05, 0.1) is 26.6 Å². The summed E-state index contributed by atoms with van der Waals surface area (Å²) in [6.45, 7) is 0. The summed E-state index contributed by atoms with van der Waals surface area (Å²) in [5.74, 6) is -1.99. The molecule has 168 valence electrons. The minimum Gasteiger partial charge on any atom is -0.480 e. The lowest BCUT2D eigenvalue weighted by molar-refractivity contribution is -0.139. The van der Waals surface area contributed by atoms with Crippen molar-refractivity contribution in [3.63, 3.8) is 0 Å². The van der Waals surface area contributed by atoms with E-state index in [0.717, 1.165) is 11.9 Å². The summed E-state index contributed by atoms with van der Waals surface area (Å²) in [4.78, 5) is 27.4. The Morgan fingerprint density at radius 2 is 1.62 bits per heavy atom. The topological polar surface area (TPSA) is 166 Å². The van der Waals surface area contributed by atoms with Gasteiger partial charge in [0, 0.05) is 26.2 Å². The largest absolute Gasteiger partial charge is 0.480 e. The Balaban J connectivity index is 2.08. The third-order valence-corrected chi connectivity index (χ3v) is 5.77. The lowest BCUT2D eigenvalue weighted by Gasteiger charge is -2.14. The summed E-state index contributed by atoms with van der Waals surface area (Å²) in [6, 6.07) is 11.3. The van der Waals surface area contributed by atoms with Crippen LogP contribution in [0.1, 0.15) is 12.8 Å². The fourth-order valence-electron chi connectivity index (χ4n) is 2.54. The number of carboxylic acids is 1. The molecule has 0 aromatic heterocycles. The number of ketones is 1. The third-order valence-electron chi connectivity index (χ3n) is 4.28. The van der Waals surface area contributed by atoms with Gasteiger partial charge in [-0.05, 0) is 55.0 Å². The molecule has 0 bridgehead atoms. The van der Waals surface area contributed by atoms with E-state index in [1.165, 1.54) is 24.3 Å². The molecule has 0 aliphatic heterocycles. The monoisotopic (exact) mass is 459 g/mol. The minimum atomic E-state index is -4.15. The normalized spacial score (nSPS) is 12.2. The van der Waals surface area contributed by atoms with Gasteiger partial charge >= 0.3 is 12.2 Å². The molecule has 0 aliphatic rings. The molecule has 1 unspecified atom stereocenters. The first kappa shape index (κ1) is 24.5. The van der Waals surface area contributed by atoms with Gasteiger partial charge in [-0.25, -0.2) is 8.42 Å². The number of nitrogens with one attached hydrogen (secondary N) is 2. The van der Waals surface area contributed by atoms with Crippen molar-refractivity contribution in [2.24, 2.45) is 10.2 Å². The van der Waals surface area contributed by atoms with Crippen molar-refractivity contribution in [1.82, 2.24) is 4.72 Å². The van der Waals surface area contributed by atoms with Crippen molar-refractivity contribution in [3.05, 3.63) is 48.5 Å². The number of hydrogen-bond acceptors (Lipinski definition) is 8. The zero-order chi connectivity index (χ0) is 23.7. The molecule has 0 fully saturated rings. The first-order valence-corrected chi connectivity index (χ1v) is 10.9. The maximum atomic E-state index is 12.5. The highest BCUT2D eigenvalue weighted by Gasteiger charge is 2.26. The van der Waals surface area contributed by atoms with E-state index in [1.807, 2.05) is 31.1 Å². The van der Waals surface area contributed by atoms with Gasteiger partial charge in [0.1, 0.15) is 6.04 Å². The smallest absolute Gasteiger partial charge is 0.372 e. The van der Waals surface area contributed by atoms with Crippen LogP contribution in [0, 0.1) is 5.53 Å². The summed E-state index contributed by atoms with van der Waals surface area (Å²) < 4.78 is 27.1. The molecule has 2 aromatic rings. The zero-order valence-corrected chi connectivity index (χ0v) is 18.3. The van der Waals surface area contributed by atoms with Gasteiger partial charge < -0.3 is 10.0 Å². The first-order chi connectivity index (χ1) is 15.1. The number of benzene rings is 2. The van der Waals surface area contributed by atoms with Crippen LogP contribution in [-0.2, 0) is 19.6 Å². The number of carboxylic acid groups (broad SMARTS) is 1. The summed E-state index contributed by atoms with van der Waals surface area (Å²) in [5, 5.41) is 17.4. The number of carbonyl (C=O) groups excluding carboxylic acids is 1. The SMILES string of the molecule is CN(C)c1ccc(N=Nc2ccc(S(=O)(=O)NC(CCC(=O)C=[N+]=N)C(=O)O)cc2)cc1. The second-order valence-electron chi connectivity index (χ2n) is 6.88. The fraction of sp³-hybridized carbons (Fsp3) is 0.250. The van der Waals surface area contributed by atoms with E-state index < -0.39 is 27.8 Å². The number of rotatable bonds is 11. The van der Waals surface area contributed by atoms with E-state index in [9.17, 15) is 23.1 Å². The maximum Gasteiger partial charge on any atom is 0.372 e. The van der Waals surface area contributed by atoms with E-state index >= 15 is 0 Å². The zero-order valence-electron chi connectivity index (χ0n) is 17.5. The van der Waals surface area contributed by atoms with Crippen molar-refractivity contribution in [1.29, 1.82) is 5.53 Å². The number of anilines is 1. The number of sulfonamides is 1. The van der Waals surface area contributed by atoms with Crippen LogP contribution in [0.5, 0.6) is 0 Å². The molecule has 2 aromatic carbocycles. The molecular formula is C20H23N6O5S+. The quantitative estimate of drug-likeness (QED) is 0.265. The Kier molecular flexibility index (Phi) is 8.47. The van der Waals surface area contributed by atoms with Gasteiger partial charge in [-0.1, -0.05) is 0 Å². The highest BCUT2D eigenvalue weighted by atomic mass is 32.2. The molecule has 32 heavy (non-hydrogen) atoms. The fourth-order valence-corrected chi connectivity index (χ4v) is 3.76. The Labute approximate surface area is 185 Å². The molecule has 3 N–H and O–H groups in total. The van der Waals surface area contributed by atoms with Crippen LogP contribution in [0.25, 0.3) is 0 Å². The average Bonchev–Trinajstić information content (AvgIpc) is 2.75.